The van der Waals surface area contributed by atoms with Gasteiger partial charge in [0.1, 0.15) is 5.41 Å². The lowest BCUT2D eigenvalue weighted by atomic mass is 9.92. The predicted octanol–water partition coefficient (Wildman–Crippen LogP) is -0.541. The summed E-state index contributed by atoms with van der Waals surface area (Å²) in [6.07, 6.45) is 0. The van der Waals surface area contributed by atoms with Gasteiger partial charge in [-0.3, -0.25) is 14.5 Å². The van der Waals surface area contributed by atoms with Crippen LogP contribution >= 0.6 is 0 Å². The van der Waals surface area contributed by atoms with E-state index in [4.69, 9.17) is 5.11 Å². The molecule has 1 aliphatic heterocycles. The third-order valence-corrected chi connectivity index (χ3v) is 3.58. The Morgan fingerprint density at radius 3 is 2.50 bits per heavy atom. The molecule has 1 rings (SSSR count). The zero-order valence-corrected chi connectivity index (χ0v) is 11.6. The number of carbonyl (C=O) groups is 2. The molecule has 0 aromatic rings. The SMILES string of the molecule is CN1CCN(C)C(CNC(=O)C(C)(C)C(=O)O)C1. The monoisotopic (exact) mass is 257 g/mol. The molecule has 0 radical (unpaired) electrons. The fraction of sp³-hybridized carbons (Fsp3) is 0.833. The Morgan fingerprint density at radius 1 is 1.33 bits per heavy atom. The largest absolute Gasteiger partial charge is 0.480 e. The standard InChI is InChI=1S/C12H23N3O3/c1-12(2,11(17)18)10(16)13-7-9-8-14(3)5-6-15(9)4/h9H,5-8H2,1-4H3,(H,13,16)(H,17,18). The highest BCUT2D eigenvalue weighted by Crippen LogP contribution is 2.15. The highest BCUT2D eigenvalue weighted by atomic mass is 16.4. The number of likely N-dealkylation sites (N-methyl/N-ethyl adjacent to an activating group) is 2. The van der Waals surface area contributed by atoms with Gasteiger partial charge >= 0.3 is 5.97 Å². The van der Waals surface area contributed by atoms with Crippen LogP contribution in [0, 0.1) is 5.41 Å². The first-order valence-electron chi connectivity index (χ1n) is 6.15. The van der Waals surface area contributed by atoms with Crippen LogP contribution < -0.4 is 5.32 Å². The van der Waals surface area contributed by atoms with Crippen molar-refractivity contribution in [3.05, 3.63) is 0 Å². The molecule has 1 atom stereocenters. The van der Waals surface area contributed by atoms with E-state index >= 15 is 0 Å². The molecule has 0 saturated carbocycles. The summed E-state index contributed by atoms with van der Waals surface area (Å²) in [5, 5.41) is 11.7. The molecule has 0 aromatic heterocycles. The molecule has 1 unspecified atom stereocenters. The number of hydrogen-bond donors (Lipinski definition) is 2. The van der Waals surface area contributed by atoms with Gasteiger partial charge in [-0.05, 0) is 27.9 Å². The molecule has 18 heavy (non-hydrogen) atoms. The molecule has 104 valence electrons. The van der Waals surface area contributed by atoms with Crippen molar-refractivity contribution in [2.45, 2.75) is 19.9 Å². The van der Waals surface area contributed by atoms with Crippen molar-refractivity contribution < 1.29 is 14.7 Å². The van der Waals surface area contributed by atoms with E-state index in [2.05, 4.69) is 15.1 Å². The molecule has 1 fully saturated rings. The van der Waals surface area contributed by atoms with Gasteiger partial charge in [0.15, 0.2) is 0 Å². The Hall–Kier alpha value is -1.14. The van der Waals surface area contributed by atoms with Crippen molar-refractivity contribution in [3.8, 4) is 0 Å². The molecule has 1 amide bonds. The number of nitrogens with zero attached hydrogens (tertiary/aromatic N) is 2. The zero-order chi connectivity index (χ0) is 13.9. The molecule has 0 aromatic carbocycles. The number of piperazine rings is 1. The average Bonchev–Trinajstić information content (AvgIpc) is 2.29. The Labute approximate surface area is 108 Å². The number of aliphatic carboxylic acids is 1. The quantitative estimate of drug-likeness (QED) is 0.662. The summed E-state index contributed by atoms with van der Waals surface area (Å²) in [4.78, 5) is 27.2. The molecular weight excluding hydrogens is 234 g/mol. The van der Waals surface area contributed by atoms with Crippen LogP contribution in [0.25, 0.3) is 0 Å². The summed E-state index contributed by atoms with van der Waals surface area (Å²) >= 11 is 0. The second-order valence-corrected chi connectivity index (χ2v) is 5.54. The number of carboxylic acid groups (broad SMARTS) is 1. The molecule has 6 heteroatoms. The molecule has 0 aliphatic carbocycles. The number of amides is 1. The summed E-state index contributed by atoms with van der Waals surface area (Å²) in [5.41, 5.74) is -1.38. The minimum absolute atomic E-state index is 0.234. The highest BCUT2D eigenvalue weighted by molar-refractivity contribution is 6.00. The third kappa shape index (κ3) is 3.43. The first kappa shape index (κ1) is 14.9. The van der Waals surface area contributed by atoms with Gasteiger partial charge in [-0.1, -0.05) is 0 Å². The highest BCUT2D eigenvalue weighted by Gasteiger charge is 2.36. The van der Waals surface area contributed by atoms with Gasteiger partial charge in [0.2, 0.25) is 5.91 Å². The maximum Gasteiger partial charge on any atom is 0.318 e. The van der Waals surface area contributed by atoms with Crippen LogP contribution in [0.2, 0.25) is 0 Å². The van der Waals surface area contributed by atoms with Crippen molar-refractivity contribution in [2.24, 2.45) is 5.41 Å². The maximum atomic E-state index is 11.8. The molecule has 0 bridgehead atoms. The van der Waals surface area contributed by atoms with E-state index in [1.807, 2.05) is 14.1 Å². The summed E-state index contributed by atoms with van der Waals surface area (Å²) in [6, 6.07) is 0.234. The summed E-state index contributed by atoms with van der Waals surface area (Å²) in [7, 11) is 4.06. The molecular formula is C12H23N3O3. The second kappa shape index (κ2) is 5.67. The van der Waals surface area contributed by atoms with Gasteiger partial charge in [0, 0.05) is 32.2 Å². The molecule has 6 nitrogen and oxygen atoms in total. The van der Waals surface area contributed by atoms with Crippen LogP contribution in [0.15, 0.2) is 0 Å². The lowest BCUT2D eigenvalue weighted by Gasteiger charge is -2.38. The van der Waals surface area contributed by atoms with Crippen molar-refractivity contribution in [3.63, 3.8) is 0 Å². The van der Waals surface area contributed by atoms with Gasteiger partial charge in [-0.2, -0.15) is 0 Å². The molecule has 1 heterocycles. The lowest BCUT2D eigenvalue weighted by molar-refractivity contribution is -0.153. The Balaban J connectivity index is 2.49. The van der Waals surface area contributed by atoms with E-state index in [9.17, 15) is 9.59 Å². The van der Waals surface area contributed by atoms with Crippen molar-refractivity contribution in [1.29, 1.82) is 0 Å². The van der Waals surface area contributed by atoms with Crippen LogP contribution in [0.5, 0.6) is 0 Å². The first-order valence-corrected chi connectivity index (χ1v) is 6.15. The van der Waals surface area contributed by atoms with Gasteiger partial charge in [-0.15, -0.1) is 0 Å². The molecule has 2 N–H and O–H groups in total. The molecule has 1 saturated heterocycles. The predicted molar refractivity (Wildman–Crippen MR) is 68.3 cm³/mol. The van der Waals surface area contributed by atoms with Crippen LogP contribution in [0.4, 0.5) is 0 Å². The van der Waals surface area contributed by atoms with E-state index in [0.717, 1.165) is 19.6 Å². The minimum Gasteiger partial charge on any atom is -0.480 e. The number of carboxylic acids is 1. The third-order valence-electron chi connectivity index (χ3n) is 3.58. The summed E-state index contributed by atoms with van der Waals surface area (Å²) in [6.45, 7) is 6.17. The fourth-order valence-corrected chi connectivity index (χ4v) is 1.85. The van der Waals surface area contributed by atoms with Crippen molar-refractivity contribution in [1.82, 2.24) is 15.1 Å². The van der Waals surface area contributed by atoms with Crippen LogP contribution in [-0.4, -0.2) is 73.1 Å². The maximum absolute atomic E-state index is 11.8. The van der Waals surface area contributed by atoms with Crippen LogP contribution in [0.3, 0.4) is 0 Å². The van der Waals surface area contributed by atoms with Gasteiger partial charge in [0.25, 0.3) is 0 Å². The Kier molecular flexibility index (Phi) is 4.70. The van der Waals surface area contributed by atoms with Crippen LogP contribution in [0.1, 0.15) is 13.8 Å². The molecule has 1 aliphatic rings. The Morgan fingerprint density at radius 2 is 1.94 bits per heavy atom. The number of nitrogens with one attached hydrogen (secondary N) is 1. The van der Waals surface area contributed by atoms with Crippen LogP contribution in [-0.2, 0) is 9.59 Å². The number of rotatable bonds is 4. The number of carbonyl (C=O) groups excluding carboxylic acids is 1. The minimum atomic E-state index is -1.38. The van der Waals surface area contributed by atoms with E-state index in [1.54, 1.807) is 0 Å². The van der Waals surface area contributed by atoms with Gasteiger partial charge in [0.05, 0.1) is 0 Å². The summed E-state index contributed by atoms with van der Waals surface area (Å²) < 4.78 is 0. The van der Waals surface area contributed by atoms with E-state index in [-0.39, 0.29) is 6.04 Å². The van der Waals surface area contributed by atoms with E-state index in [0.29, 0.717) is 6.54 Å². The Bertz CT molecular complexity index is 331. The smallest absolute Gasteiger partial charge is 0.318 e. The fourth-order valence-electron chi connectivity index (χ4n) is 1.85. The van der Waals surface area contributed by atoms with Crippen molar-refractivity contribution >= 4 is 11.9 Å². The second-order valence-electron chi connectivity index (χ2n) is 5.54. The summed E-state index contributed by atoms with van der Waals surface area (Å²) in [5.74, 6) is -1.54. The van der Waals surface area contributed by atoms with Gasteiger partial charge < -0.3 is 15.3 Å². The van der Waals surface area contributed by atoms with E-state index < -0.39 is 17.3 Å². The van der Waals surface area contributed by atoms with Crippen molar-refractivity contribution in [2.75, 3.05) is 40.3 Å². The lowest BCUT2D eigenvalue weighted by Crippen LogP contribution is -2.55. The topological polar surface area (TPSA) is 72.9 Å². The first-order chi connectivity index (χ1) is 8.25. The normalized spacial score (nSPS) is 22.8. The average molecular weight is 257 g/mol. The molecule has 0 spiro atoms. The van der Waals surface area contributed by atoms with Gasteiger partial charge in [-0.25, -0.2) is 0 Å². The van der Waals surface area contributed by atoms with E-state index in [1.165, 1.54) is 13.8 Å². The zero-order valence-electron chi connectivity index (χ0n) is 11.6. The number of hydrogen-bond acceptors (Lipinski definition) is 4.